The van der Waals surface area contributed by atoms with E-state index in [-0.39, 0.29) is 11.8 Å². The van der Waals surface area contributed by atoms with E-state index in [9.17, 15) is 8.42 Å². The molecule has 1 aliphatic rings. The fourth-order valence-corrected chi connectivity index (χ4v) is 4.79. The third kappa shape index (κ3) is 5.14. The lowest BCUT2D eigenvalue weighted by Crippen LogP contribution is -2.43. The molecule has 1 aliphatic carbocycles. The van der Waals surface area contributed by atoms with Crippen molar-refractivity contribution in [3.8, 4) is 0 Å². The predicted molar refractivity (Wildman–Crippen MR) is 106 cm³/mol. The van der Waals surface area contributed by atoms with Crippen molar-refractivity contribution < 1.29 is 8.42 Å². The summed E-state index contributed by atoms with van der Waals surface area (Å²) >= 11 is 0. The van der Waals surface area contributed by atoms with Crippen molar-refractivity contribution in [3.63, 3.8) is 0 Å². The SMILES string of the molecule is Cc1ccc2ncnc(NC3CCC(N[C@@H](C)CS(C)(=O)=O)CC3)c2c1. The summed E-state index contributed by atoms with van der Waals surface area (Å²) in [6.45, 7) is 4.02. The number of benzene rings is 1. The molecule has 0 aliphatic heterocycles. The molecule has 0 radical (unpaired) electrons. The van der Waals surface area contributed by atoms with Crippen LogP contribution in [-0.4, -0.2) is 48.5 Å². The van der Waals surface area contributed by atoms with Gasteiger partial charge in [0.1, 0.15) is 22.0 Å². The molecule has 1 heterocycles. The van der Waals surface area contributed by atoms with Crippen LogP contribution in [0.1, 0.15) is 38.2 Å². The Morgan fingerprint density at radius 2 is 1.85 bits per heavy atom. The van der Waals surface area contributed by atoms with E-state index in [1.165, 1.54) is 11.8 Å². The Morgan fingerprint density at radius 1 is 1.15 bits per heavy atom. The van der Waals surface area contributed by atoms with Gasteiger partial charge in [-0.2, -0.15) is 0 Å². The summed E-state index contributed by atoms with van der Waals surface area (Å²) in [5.74, 6) is 1.10. The number of nitrogens with one attached hydrogen (secondary N) is 2. The Bertz CT molecular complexity index is 861. The van der Waals surface area contributed by atoms with Gasteiger partial charge in [-0.05, 0) is 51.7 Å². The van der Waals surface area contributed by atoms with E-state index in [2.05, 4.69) is 39.7 Å². The number of nitrogens with zero attached hydrogens (tertiary/aromatic N) is 2. The van der Waals surface area contributed by atoms with E-state index in [1.807, 2.05) is 13.0 Å². The van der Waals surface area contributed by atoms with Crippen molar-refractivity contribution in [2.45, 2.75) is 57.7 Å². The van der Waals surface area contributed by atoms with Crippen molar-refractivity contribution in [1.29, 1.82) is 0 Å². The molecule has 1 atom stereocenters. The highest BCUT2D eigenvalue weighted by molar-refractivity contribution is 7.90. The van der Waals surface area contributed by atoms with Crippen molar-refractivity contribution in [2.24, 2.45) is 0 Å². The van der Waals surface area contributed by atoms with Crippen LogP contribution in [0, 0.1) is 6.92 Å². The van der Waals surface area contributed by atoms with E-state index in [1.54, 1.807) is 6.33 Å². The van der Waals surface area contributed by atoms with Crippen molar-refractivity contribution in [2.75, 3.05) is 17.3 Å². The smallest absolute Gasteiger partial charge is 0.148 e. The molecule has 0 saturated heterocycles. The average molecular weight is 377 g/mol. The van der Waals surface area contributed by atoms with Gasteiger partial charge in [-0.15, -0.1) is 0 Å². The van der Waals surface area contributed by atoms with Gasteiger partial charge in [0.15, 0.2) is 0 Å². The van der Waals surface area contributed by atoms with Gasteiger partial charge in [-0.3, -0.25) is 0 Å². The van der Waals surface area contributed by atoms with Gasteiger partial charge in [0.05, 0.1) is 11.3 Å². The molecule has 6 nitrogen and oxygen atoms in total. The van der Waals surface area contributed by atoms with E-state index < -0.39 is 9.84 Å². The Morgan fingerprint density at radius 3 is 2.54 bits per heavy atom. The lowest BCUT2D eigenvalue weighted by Gasteiger charge is -2.32. The molecule has 7 heteroatoms. The number of aryl methyl sites for hydroxylation is 1. The summed E-state index contributed by atoms with van der Waals surface area (Å²) in [5, 5.41) is 8.12. The van der Waals surface area contributed by atoms with Crippen LogP contribution in [0.2, 0.25) is 0 Å². The zero-order valence-corrected chi connectivity index (χ0v) is 16.5. The molecule has 26 heavy (non-hydrogen) atoms. The molecule has 0 unspecified atom stereocenters. The summed E-state index contributed by atoms with van der Waals surface area (Å²) in [7, 11) is -2.94. The number of rotatable bonds is 6. The fraction of sp³-hybridized carbons (Fsp3) is 0.579. The highest BCUT2D eigenvalue weighted by Gasteiger charge is 2.23. The first-order valence-corrected chi connectivity index (χ1v) is 11.3. The maximum Gasteiger partial charge on any atom is 0.148 e. The molecule has 1 fully saturated rings. The van der Waals surface area contributed by atoms with Crippen molar-refractivity contribution in [3.05, 3.63) is 30.1 Å². The fourth-order valence-electron chi connectivity index (χ4n) is 3.79. The first kappa shape index (κ1) is 19.0. The Hall–Kier alpha value is -1.73. The molecule has 0 bridgehead atoms. The minimum absolute atomic E-state index is 0.00621. The van der Waals surface area contributed by atoms with Crippen LogP contribution in [0.4, 0.5) is 5.82 Å². The number of aromatic nitrogens is 2. The third-order valence-corrected chi connectivity index (χ3v) is 6.04. The van der Waals surface area contributed by atoms with Gasteiger partial charge < -0.3 is 10.6 Å². The number of sulfone groups is 1. The zero-order valence-electron chi connectivity index (χ0n) is 15.7. The summed E-state index contributed by atoms with van der Waals surface area (Å²) in [6, 6.07) is 6.98. The number of hydrogen-bond donors (Lipinski definition) is 2. The molecule has 3 rings (SSSR count). The van der Waals surface area contributed by atoms with Crippen LogP contribution in [0.25, 0.3) is 10.9 Å². The normalized spacial score (nSPS) is 22.3. The van der Waals surface area contributed by atoms with Crippen molar-refractivity contribution in [1.82, 2.24) is 15.3 Å². The van der Waals surface area contributed by atoms with Gasteiger partial charge in [0.2, 0.25) is 0 Å². The van der Waals surface area contributed by atoms with Gasteiger partial charge in [-0.1, -0.05) is 11.6 Å². The number of fused-ring (bicyclic) bond motifs is 1. The maximum absolute atomic E-state index is 11.4. The second-order valence-electron chi connectivity index (χ2n) is 7.60. The summed E-state index contributed by atoms with van der Waals surface area (Å²) in [5.41, 5.74) is 2.15. The van der Waals surface area contributed by atoms with E-state index in [0.717, 1.165) is 42.4 Å². The number of anilines is 1. The van der Waals surface area contributed by atoms with Crippen molar-refractivity contribution >= 4 is 26.6 Å². The van der Waals surface area contributed by atoms with Gasteiger partial charge in [0.25, 0.3) is 0 Å². The Kier molecular flexibility index (Phi) is 5.77. The monoisotopic (exact) mass is 376 g/mol. The second kappa shape index (κ2) is 7.88. The van der Waals surface area contributed by atoms with Crippen LogP contribution in [0.5, 0.6) is 0 Å². The Labute approximate surface area is 155 Å². The summed E-state index contributed by atoms with van der Waals surface area (Å²) in [4.78, 5) is 8.79. The van der Waals surface area contributed by atoms with Crippen LogP contribution < -0.4 is 10.6 Å². The maximum atomic E-state index is 11.4. The average Bonchev–Trinajstić information content (AvgIpc) is 2.55. The van der Waals surface area contributed by atoms with Crippen LogP contribution >= 0.6 is 0 Å². The molecule has 2 aromatic rings. The highest BCUT2D eigenvalue weighted by Crippen LogP contribution is 2.26. The van der Waals surface area contributed by atoms with Crippen LogP contribution in [0.3, 0.4) is 0 Å². The first-order valence-electron chi connectivity index (χ1n) is 9.22. The Balaban J connectivity index is 1.57. The van der Waals surface area contributed by atoms with Crippen LogP contribution in [-0.2, 0) is 9.84 Å². The second-order valence-corrected chi connectivity index (χ2v) is 9.78. The molecule has 1 aromatic carbocycles. The molecule has 142 valence electrons. The lowest BCUT2D eigenvalue weighted by molar-refractivity contribution is 0.336. The predicted octanol–water partition coefficient (Wildman–Crippen LogP) is 2.68. The molecule has 0 amide bonds. The first-order chi connectivity index (χ1) is 12.3. The topological polar surface area (TPSA) is 84.0 Å². The minimum Gasteiger partial charge on any atom is -0.367 e. The molecule has 2 N–H and O–H groups in total. The summed E-state index contributed by atoms with van der Waals surface area (Å²) in [6.07, 6.45) is 7.06. The largest absolute Gasteiger partial charge is 0.367 e. The van der Waals surface area contributed by atoms with Crippen LogP contribution in [0.15, 0.2) is 24.5 Å². The van der Waals surface area contributed by atoms with Gasteiger partial charge in [0, 0.05) is 29.8 Å². The quantitative estimate of drug-likeness (QED) is 0.806. The van der Waals surface area contributed by atoms with E-state index >= 15 is 0 Å². The third-order valence-electron chi connectivity index (χ3n) is 4.93. The van der Waals surface area contributed by atoms with Gasteiger partial charge >= 0.3 is 0 Å². The lowest BCUT2D eigenvalue weighted by atomic mass is 9.90. The highest BCUT2D eigenvalue weighted by atomic mass is 32.2. The summed E-state index contributed by atoms with van der Waals surface area (Å²) < 4.78 is 22.8. The number of hydrogen-bond acceptors (Lipinski definition) is 6. The molecule has 1 aromatic heterocycles. The molecule has 1 saturated carbocycles. The van der Waals surface area contributed by atoms with E-state index in [4.69, 9.17) is 0 Å². The molecule has 0 spiro atoms. The molecular weight excluding hydrogens is 348 g/mol. The minimum atomic E-state index is -2.94. The van der Waals surface area contributed by atoms with Gasteiger partial charge in [-0.25, -0.2) is 18.4 Å². The zero-order chi connectivity index (χ0) is 18.7. The molecular formula is C19H28N4O2S. The standard InChI is InChI=1S/C19H28N4O2S/c1-13-4-9-18-17(10-13)19(21-12-20-18)23-16-7-5-15(6-8-16)22-14(2)11-26(3,24)25/h4,9-10,12,14-16,22H,5-8,11H2,1-3H3,(H,20,21,23)/t14-,15?,16?/m0/s1. The van der Waals surface area contributed by atoms with E-state index in [0.29, 0.717) is 12.1 Å².